The normalized spacial score (nSPS) is 15.8. The molecule has 1 aromatic carbocycles. The Morgan fingerprint density at radius 3 is 2.48 bits per heavy atom. The summed E-state index contributed by atoms with van der Waals surface area (Å²) >= 11 is 0. The van der Waals surface area contributed by atoms with Gasteiger partial charge in [0.2, 0.25) is 15.9 Å². The first-order valence-electron chi connectivity index (χ1n) is 8.37. The van der Waals surface area contributed by atoms with E-state index >= 15 is 0 Å². The lowest BCUT2D eigenvalue weighted by molar-refractivity contribution is -0.122. The summed E-state index contributed by atoms with van der Waals surface area (Å²) in [4.78, 5) is 12.1. The molecule has 7 nitrogen and oxygen atoms in total. The summed E-state index contributed by atoms with van der Waals surface area (Å²) in [6, 6.07) is 4.47. The van der Waals surface area contributed by atoms with Gasteiger partial charge in [0.1, 0.15) is 0 Å². The topological polar surface area (TPSA) is 84.9 Å². The van der Waals surface area contributed by atoms with E-state index in [9.17, 15) is 13.2 Å². The molecule has 0 spiro atoms. The van der Waals surface area contributed by atoms with Crippen molar-refractivity contribution in [2.75, 3.05) is 26.8 Å². The van der Waals surface area contributed by atoms with Gasteiger partial charge in [-0.3, -0.25) is 4.79 Å². The van der Waals surface area contributed by atoms with Crippen LogP contribution in [0.4, 0.5) is 0 Å². The smallest absolute Gasteiger partial charge is 0.243 e. The molecule has 1 amide bonds. The molecule has 1 aromatic rings. The Morgan fingerprint density at radius 1 is 1.20 bits per heavy atom. The lowest BCUT2D eigenvalue weighted by Crippen LogP contribution is -2.43. The lowest BCUT2D eigenvalue weighted by atomic mass is 10.1. The Morgan fingerprint density at radius 2 is 1.84 bits per heavy atom. The molecule has 0 saturated heterocycles. The quantitative estimate of drug-likeness (QED) is 0.823. The highest BCUT2D eigenvalue weighted by Gasteiger charge is 2.25. The SMILES string of the molecule is CC(C)[C@@H](C)NC(=O)CN(C)S(=O)(=O)c1ccc2c(c1)OCCCO2. The molecular weight excluding hydrogens is 344 g/mol. The summed E-state index contributed by atoms with van der Waals surface area (Å²) in [7, 11) is -2.41. The average molecular weight is 370 g/mol. The van der Waals surface area contributed by atoms with Crippen LogP contribution >= 0.6 is 0 Å². The second-order valence-electron chi connectivity index (χ2n) is 6.52. The Kier molecular flexibility index (Phi) is 6.29. The van der Waals surface area contributed by atoms with Crippen LogP contribution in [0.25, 0.3) is 0 Å². The van der Waals surface area contributed by atoms with E-state index in [4.69, 9.17) is 9.47 Å². The van der Waals surface area contributed by atoms with Gasteiger partial charge in [0.25, 0.3) is 0 Å². The minimum Gasteiger partial charge on any atom is -0.490 e. The van der Waals surface area contributed by atoms with Crippen molar-refractivity contribution in [1.29, 1.82) is 0 Å². The summed E-state index contributed by atoms with van der Waals surface area (Å²) in [5.41, 5.74) is 0. The van der Waals surface area contributed by atoms with Crippen LogP contribution < -0.4 is 14.8 Å². The van der Waals surface area contributed by atoms with E-state index in [1.165, 1.54) is 19.2 Å². The van der Waals surface area contributed by atoms with Crippen LogP contribution in [0.5, 0.6) is 11.5 Å². The van der Waals surface area contributed by atoms with Crippen LogP contribution in [-0.4, -0.2) is 51.5 Å². The van der Waals surface area contributed by atoms with Gasteiger partial charge in [-0.25, -0.2) is 8.42 Å². The number of amides is 1. The van der Waals surface area contributed by atoms with Gasteiger partial charge < -0.3 is 14.8 Å². The summed E-state index contributed by atoms with van der Waals surface area (Å²) in [5.74, 6) is 0.877. The fourth-order valence-corrected chi connectivity index (χ4v) is 3.38. The Balaban J connectivity index is 2.12. The predicted octanol–water partition coefficient (Wildman–Crippen LogP) is 1.63. The van der Waals surface area contributed by atoms with Gasteiger partial charge in [0.05, 0.1) is 24.7 Å². The number of nitrogens with one attached hydrogen (secondary N) is 1. The second kappa shape index (κ2) is 8.05. The van der Waals surface area contributed by atoms with E-state index in [0.717, 1.165) is 10.7 Å². The molecule has 0 radical (unpaired) electrons. The van der Waals surface area contributed by atoms with Crippen molar-refractivity contribution in [3.8, 4) is 11.5 Å². The van der Waals surface area contributed by atoms with Crippen molar-refractivity contribution in [3.63, 3.8) is 0 Å². The minimum absolute atomic E-state index is 0.0263. The van der Waals surface area contributed by atoms with E-state index in [1.807, 2.05) is 20.8 Å². The zero-order valence-corrected chi connectivity index (χ0v) is 15.9. The van der Waals surface area contributed by atoms with Crippen molar-refractivity contribution in [3.05, 3.63) is 18.2 Å². The monoisotopic (exact) mass is 370 g/mol. The highest BCUT2D eigenvalue weighted by molar-refractivity contribution is 7.89. The van der Waals surface area contributed by atoms with Crippen LogP contribution in [-0.2, 0) is 14.8 Å². The Labute approximate surface area is 149 Å². The van der Waals surface area contributed by atoms with Crippen molar-refractivity contribution in [2.24, 2.45) is 5.92 Å². The van der Waals surface area contributed by atoms with Gasteiger partial charge in [-0.1, -0.05) is 13.8 Å². The van der Waals surface area contributed by atoms with Gasteiger partial charge in [-0.2, -0.15) is 4.31 Å². The third-order valence-corrected chi connectivity index (χ3v) is 5.98. The molecule has 0 aromatic heterocycles. The molecule has 0 bridgehead atoms. The second-order valence-corrected chi connectivity index (χ2v) is 8.57. The van der Waals surface area contributed by atoms with Crippen molar-refractivity contribution in [1.82, 2.24) is 9.62 Å². The summed E-state index contributed by atoms with van der Waals surface area (Å²) in [6.07, 6.45) is 0.741. The molecule has 8 heteroatoms. The van der Waals surface area contributed by atoms with E-state index in [1.54, 1.807) is 6.07 Å². The molecule has 2 rings (SSSR count). The maximum atomic E-state index is 12.7. The van der Waals surface area contributed by atoms with Crippen molar-refractivity contribution >= 4 is 15.9 Å². The molecule has 0 aliphatic carbocycles. The maximum absolute atomic E-state index is 12.7. The third-order valence-electron chi connectivity index (χ3n) is 4.18. The van der Waals surface area contributed by atoms with Crippen LogP contribution in [0.3, 0.4) is 0 Å². The molecule has 1 aliphatic heterocycles. The zero-order valence-electron chi connectivity index (χ0n) is 15.1. The number of hydrogen-bond donors (Lipinski definition) is 1. The molecule has 1 heterocycles. The first kappa shape index (κ1) is 19.5. The molecular formula is C17H26N2O5S. The maximum Gasteiger partial charge on any atom is 0.243 e. The average Bonchev–Trinajstić information content (AvgIpc) is 2.78. The van der Waals surface area contributed by atoms with Crippen LogP contribution in [0, 0.1) is 5.92 Å². The van der Waals surface area contributed by atoms with E-state index in [-0.39, 0.29) is 29.3 Å². The van der Waals surface area contributed by atoms with Gasteiger partial charge in [0.15, 0.2) is 11.5 Å². The number of ether oxygens (including phenoxy) is 2. The Bertz CT molecular complexity index is 718. The number of rotatable bonds is 6. The molecule has 0 fully saturated rings. The van der Waals surface area contributed by atoms with Crippen LogP contribution in [0.15, 0.2) is 23.1 Å². The molecule has 1 N–H and O–H groups in total. The number of hydrogen-bond acceptors (Lipinski definition) is 5. The number of fused-ring (bicyclic) bond motifs is 1. The molecule has 0 unspecified atom stereocenters. The fourth-order valence-electron chi connectivity index (χ4n) is 2.24. The number of likely N-dealkylation sites (N-methyl/N-ethyl adjacent to an activating group) is 1. The molecule has 140 valence electrons. The molecule has 0 saturated carbocycles. The summed E-state index contributed by atoms with van der Waals surface area (Å²) in [6.45, 7) is 6.63. The fraction of sp³-hybridized carbons (Fsp3) is 0.588. The van der Waals surface area contributed by atoms with Gasteiger partial charge >= 0.3 is 0 Å². The molecule has 25 heavy (non-hydrogen) atoms. The molecule has 1 atom stereocenters. The molecule has 1 aliphatic rings. The number of sulfonamides is 1. The third kappa shape index (κ3) is 4.85. The summed E-state index contributed by atoms with van der Waals surface area (Å²) in [5, 5.41) is 2.80. The van der Waals surface area contributed by atoms with Crippen LogP contribution in [0.1, 0.15) is 27.2 Å². The van der Waals surface area contributed by atoms with Gasteiger partial charge in [-0.05, 0) is 25.0 Å². The summed E-state index contributed by atoms with van der Waals surface area (Å²) < 4.78 is 37.5. The van der Waals surface area contributed by atoms with Gasteiger partial charge in [0, 0.05) is 25.6 Å². The van der Waals surface area contributed by atoms with Crippen molar-refractivity contribution < 1.29 is 22.7 Å². The minimum atomic E-state index is -3.80. The zero-order chi connectivity index (χ0) is 18.6. The van der Waals surface area contributed by atoms with Crippen molar-refractivity contribution in [2.45, 2.75) is 38.1 Å². The Hall–Kier alpha value is -1.80. The number of nitrogens with zero attached hydrogens (tertiary/aromatic N) is 1. The predicted molar refractivity (Wildman–Crippen MR) is 94.3 cm³/mol. The number of carbonyl (C=O) groups excluding carboxylic acids is 1. The number of benzene rings is 1. The standard InChI is InChI=1S/C17H26N2O5S/c1-12(2)13(3)18-17(20)11-19(4)25(21,22)14-6-7-15-16(10-14)24-9-5-8-23-15/h6-7,10,12-13H,5,8-9,11H2,1-4H3,(H,18,20)/t13-/m1/s1. The largest absolute Gasteiger partial charge is 0.490 e. The first-order valence-corrected chi connectivity index (χ1v) is 9.81. The van der Waals surface area contributed by atoms with E-state index < -0.39 is 10.0 Å². The lowest BCUT2D eigenvalue weighted by Gasteiger charge is -2.21. The highest BCUT2D eigenvalue weighted by atomic mass is 32.2. The first-order chi connectivity index (χ1) is 11.7. The van der Waals surface area contributed by atoms with E-state index in [0.29, 0.717) is 24.7 Å². The van der Waals surface area contributed by atoms with E-state index in [2.05, 4.69) is 5.32 Å². The number of carbonyl (C=O) groups is 1. The van der Waals surface area contributed by atoms with Crippen LogP contribution in [0.2, 0.25) is 0 Å². The van der Waals surface area contributed by atoms with Gasteiger partial charge in [-0.15, -0.1) is 0 Å². The highest BCUT2D eigenvalue weighted by Crippen LogP contribution is 2.32.